The number of hydrogen-bond donors (Lipinski definition) is 0. The van der Waals surface area contributed by atoms with E-state index in [1.807, 2.05) is 0 Å². The number of nitrogens with zero attached hydrogens (tertiary/aromatic N) is 4. The molecule has 3 rings (SSSR count). The maximum atomic E-state index is 12.1. The Morgan fingerprint density at radius 2 is 1.92 bits per heavy atom. The average molecular weight is 375 g/mol. The Morgan fingerprint density at radius 3 is 2.62 bits per heavy atom. The predicted molar refractivity (Wildman–Crippen MR) is 83.8 cm³/mol. The molecule has 0 aliphatic rings. The van der Waals surface area contributed by atoms with Crippen LogP contribution < -0.4 is 4.74 Å². The summed E-state index contributed by atoms with van der Waals surface area (Å²) in [7, 11) is 0. The Bertz CT molecular complexity index is 843. The van der Waals surface area contributed by atoms with Crippen LogP contribution in [-0.4, -0.2) is 33.0 Å². The van der Waals surface area contributed by atoms with Crippen molar-refractivity contribution in [2.45, 2.75) is 13.2 Å². The number of alkyl halides is 2. The number of hydrogen-bond acceptors (Lipinski definition) is 5. The highest BCUT2D eigenvalue weighted by molar-refractivity contribution is 6.34. The van der Waals surface area contributed by atoms with Crippen molar-refractivity contribution in [1.82, 2.24) is 19.7 Å². The topological polar surface area (TPSA) is 62.1 Å². The van der Waals surface area contributed by atoms with Crippen LogP contribution in [0.3, 0.4) is 0 Å². The summed E-state index contributed by atoms with van der Waals surface area (Å²) >= 11 is 11.8. The van der Waals surface area contributed by atoms with Gasteiger partial charge in [0.2, 0.25) is 0 Å². The van der Waals surface area contributed by atoms with Crippen molar-refractivity contribution in [3.05, 3.63) is 40.8 Å². The first-order valence-electron chi connectivity index (χ1n) is 6.75. The minimum atomic E-state index is -2.85. The summed E-state index contributed by atoms with van der Waals surface area (Å²) in [5, 5.41) is 5.33. The van der Waals surface area contributed by atoms with E-state index in [0.717, 1.165) is 0 Å². The van der Waals surface area contributed by atoms with Gasteiger partial charge in [-0.15, -0.1) is 0 Å². The molecule has 0 atom stereocenters. The molecule has 0 aliphatic carbocycles. The van der Waals surface area contributed by atoms with Gasteiger partial charge >= 0.3 is 12.6 Å². The van der Waals surface area contributed by atoms with E-state index in [-0.39, 0.29) is 24.3 Å². The normalized spacial score (nSPS) is 11.4. The Labute approximate surface area is 144 Å². The molecule has 6 nitrogen and oxygen atoms in total. The number of aromatic nitrogens is 4. The molecule has 2 aromatic heterocycles. The first-order chi connectivity index (χ1) is 11.5. The molecule has 1 aromatic carbocycles. The number of benzene rings is 1. The van der Waals surface area contributed by atoms with Crippen molar-refractivity contribution in [1.29, 1.82) is 0 Å². The van der Waals surface area contributed by atoms with Crippen molar-refractivity contribution >= 4 is 34.1 Å². The van der Waals surface area contributed by atoms with E-state index in [9.17, 15) is 8.78 Å². The zero-order valence-electron chi connectivity index (χ0n) is 12.0. The predicted octanol–water partition coefficient (Wildman–Crippen LogP) is 4.16. The van der Waals surface area contributed by atoms with E-state index < -0.39 is 6.61 Å². The monoisotopic (exact) mass is 374 g/mol. The fraction of sp³-hybridized carbons (Fsp3) is 0.214. The van der Waals surface area contributed by atoms with Gasteiger partial charge in [-0.05, 0) is 12.1 Å². The van der Waals surface area contributed by atoms with Crippen LogP contribution in [0.1, 0.15) is 0 Å². The van der Waals surface area contributed by atoms with Gasteiger partial charge in [-0.3, -0.25) is 4.68 Å². The number of para-hydroxylation sites is 1. The largest absolute Gasteiger partial charge is 0.422 e. The Morgan fingerprint density at radius 1 is 1.17 bits per heavy atom. The summed E-state index contributed by atoms with van der Waals surface area (Å²) in [6.07, 6.45) is 2.79. The lowest BCUT2D eigenvalue weighted by Crippen LogP contribution is -2.10. The molecule has 0 amide bonds. The quantitative estimate of drug-likeness (QED) is 0.647. The molecule has 0 saturated heterocycles. The second kappa shape index (κ2) is 7.25. The highest BCUT2D eigenvalue weighted by Crippen LogP contribution is 2.32. The highest BCUT2D eigenvalue weighted by Gasteiger charge is 2.15. The molecule has 0 saturated carbocycles. The minimum absolute atomic E-state index is 0.0788. The van der Waals surface area contributed by atoms with Crippen molar-refractivity contribution in [3.8, 4) is 11.8 Å². The van der Waals surface area contributed by atoms with Gasteiger partial charge in [0, 0.05) is 5.39 Å². The molecule has 2 heterocycles. The fourth-order valence-electron chi connectivity index (χ4n) is 2.09. The van der Waals surface area contributed by atoms with E-state index >= 15 is 0 Å². The second-order valence-corrected chi connectivity index (χ2v) is 5.38. The SMILES string of the molecule is FC(F)OCCn1nc(Cl)c2cccc(Oc3ncc(Cl)cn3)c21. The van der Waals surface area contributed by atoms with Crippen LogP contribution in [0.4, 0.5) is 8.78 Å². The van der Waals surface area contributed by atoms with Crippen LogP contribution in [0.25, 0.3) is 10.9 Å². The molecule has 24 heavy (non-hydrogen) atoms. The second-order valence-electron chi connectivity index (χ2n) is 4.58. The van der Waals surface area contributed by atoms with Gasteiger partial charge in [-0.1, -0.05) is 29.3 Å². The smallest absolute Gasteiger partial charge is 0.345 e. The van der Waals surface area contributed by atoms with Gasteiger partial charge in [-0.2, -0.15) is 13.9 Å². The van der Waals surface area contributed by atoms with Gasteiger partial charge in [0.05, 0.1) is 30.6 Å². The summed E-state index contributed by atoms with van der Waals surface area (Å²) < 4.78 is 35.6. The van der Waals surface area contributed by atoms with Gasteiger partial charge in [0.1, 0.15) is 5.52 Å². The molecule has 3 aromatic rings. The first-order valence-corrected chi connectivity index (χ1v) is 7.50. The van der Waals surface area contributed by atoms with Crippen LogP contribution in [0.15, 0.2) is 30.6 Å². The summed E-state index contributed by atoms with van der Waals surface area (Å²) in [6, 6.07) is 5.22. The van der Waals surface area contributed by atoms with E-state index in [1.54, 1.807) is 18.2 Å². The molecule has 0 N–H and O–H groups in total. The lowest BCUT2D eigenvalue weighted by atomic mass is 10.2. The molecule has 0 fully saturated rings. The third-order valence-corrected chi connectivity index (χ3v) is 3.51. The van der Waals surface area contributed by atoms with Crippen molar-refractivity contribution in [2.75, 3.05) is 6.61 Å². The zero-order valence-corrected chi connectivity index (χ0v) is 13.5. The molecule has 0 radical (unpaired) electrons. The third-order valence-electron chi connectivity index (χ3n) is 3.03. The van der Waals surface area contributed by atoms with Crippen LogP contribution in [-0.2, 0) is 11.3 Å². The number of fused-ring (bicyclic) bond motifs is 1. The van der Waals surface area contributed by atoms with Crippen LogP contribution in [0.5, 0.6) is 11.8 Å². The molecule has 0 aliphatic heterocycles. The van der Waals surface area contributed by atoms with Crippen LogP contribution in [0.2, 0.25) is 10.2 Å². The fourth-order valence-corrected chi connectivity index (χ4v) is 2.43. The first kappa shape index (κ1) is 16.8. The van der Waals surface area contributed by atoms with Crippen molar-refractivity contribution < 1.29 is 18.3 Å². The van der Waals surface area contributed by atoms with Gasteiger partial charge in [0.25, 0.3) is 0 Å². The standard InChI is InChI=1S/C14H10Cl2F2N4O2/c15-8-6-19-14(20-7-8)24-10-3-1-2-9-11(10)22(21-12(9)16)4-5-23-13(17)18/h1-3,6-7,13H,4-5H2. The van der Waals surface area contributed by atoms with Crippen molar-refractivity contribution in [3.63, 3.8) is 0 Å². The van der Waals surface area contributed by atoms with E-state index in [2.05, 4.69) is 19.8 Å². The van der Waals surface area contributed by atoms with Crippen molar-refractivity contribution in [2.24, 2.45) is 0 Å². The zero-order chi connectivity index (χ0) is 17.1. The maximum absolute atomic E-state index is 12.1. The lowest BCUT2D eigenvalue weighted by molar-refractivity contribution is -0.130. The summed E-state index contributed by atoms with van der Waals surface area (Å²) in [4.78, 5) is 7.90. The number of ether oxygens (including phenoxy) is 2. The summed E-state index contributed by atoms with van der Waals surface area (Å²) in [5.74, 6) is 0.381. The van der Waals surface area contributed by atoms with E-state index in [1.165, 1.54) is 17.1 Å². The average Bonchev–Trinajstić information content (AvgIpc) is 2.87. The van der Waals surface area contributed by atoms with E-state index in [4.69, 9.17) is 27.9 Å². The van der Waals surface area contributed by atoms with Gasteiger partial charge in [-0.25, -0.2) is 9.97 Å². The Hall–Kier alpha value is -2.03. The summed E-state index contributed by atoms with van der Waals surface area (Å²) in [6.45, 7) is -2.99. The number of rotatable bonds is 6. The lowest BCUT2D eigenvalue weighted by Gasteiger charge is -2.09. The van der Waals surface area contributed by atoms with Gasteiger partial charge in [0.15, 0.2) is 10.9 Å². The molecule has 0 spiro atoms. The summed E-state index contributed by atoms with van der Waals surface area (Å²) in [5.41, 5.74) is 0.527. The molecular formula is C14H10Cl2F2N4O2. The van der Waals surface area contributed by atoms with Crippen LogP contribution >= 0.6 is 23.2 Å². The van der Waals surface area contributed by atoms with Gasteiger partial charge < -0.3 is 9.47 Å². The highest BCUT2D eigenvalue weighted by atomic mass is 35.5. The number of halogens is 4. The molecule has 0 bridgehead atoms. The molecule has 10 heteroatoms. The van der Waals surface area contributed by atoms with E-state index in [0.29, 0.717) is 21.7 Å². The maximum Gasteiger partial charge on any atom is 0.345 e. The Kier molecular flexibility index (Phi) is 5.08. The van der Waals surface area contributed by atoms with Crippen LogP contribution in [0, 0.1) is 0 Å². The molecule has 0 unspecified atom stereocenters. The molecular weight excluding hydrogens is 365 g/mol. The third kappa shape index (κ3) is 3.72. The Balaban J connectivity index is 1.93. The molecule has 126 valence electrons. The minimum Gasteiger partial charge on any atom is -0.422 e.